The van der Waals surface area contributed by atoms with Crippen LogP contribution in [-0.2, 0) is 16.0 Å². The van der Waals surface area contributed by atoms with Crippen molar-refractivity contribution in [2.75, 3.05) is 20.4 Å². The summed E-state index contributed by atoms with van der Waals surface area (Å²) in [6.45, 7) is 4.38. The Labute approximate surface area is 168 Å². The zero-order valence-electron chi connectivity index (χ0n) is 16.6. The molecular weight excluding hydrogens is 376 g/mol. The molecule has 0 spiro atoms. The fourth-order valence-corrected chi connectivity index (χ4v) is 3.76. The van der Waals surface area contributed by atoms with Crippen LogP contribution in [0.4, 0.5) is 4.79 Å². The highest BCUT2D eigenvalue weighted by molar-refractivity contribution is 5.84. The summed E-state index contributed by atoms with van der Waals surface area (Å²) in [5.41, 5.74) is 2.63. The minimum atomic E-state index is -0.731. The van der Waals surface area contributed by atoms with Gasteiger partial charge in [0, 0.05) is 18.7 Å². The standard InChI is InChI=1S/C20H24N4O5/c1-11(2)16(19(25)27-3)23-20(26)24-7-6-13-17(22-9-21-13)18(24)12-4-5-14-15(8-12)29-10-28-14/h4-5,8-9,11,16,18H,6-7,10H2,1-3H3,(H,21,22)(H,23,26)/t16-,18+/m0/s1. The van der Waals surface area contributed by atoms with Gasteiger partial charge in [0.15, 0.2) is 11.5 Å². The molecule has 29 heavy (non-hydrogen) atoms. The average molecular weight is 400 g/mol. The number of esters is 1. The highest BCUT2D eigenvalue weighted by Crippen LogP contribution is 2.39. The Hall–Kier alpha value is -3.23. The van der Waals surface area contributed by atoms with Crippen molar-refractivity contribution in [2.24, 2.45) is 5.92 Å². The number of aromatic nitrogens is 2. The van der Waals surface area contributed by atoms with E-state index in [1.54, 1.807) is 11.2 Å². The second kappa shape index (κ2) is 7.65. The van der Waals surface area contributed by atoms with Crippen LogP contribution in [0.3, 0.4) is 0 Å². The number of ether oxygens (including phenoxy) is 3. The quantitative estimate of drug-likeness (QED) is 0.761. The largest absolute Gasteiger partial charge is 0.467 e. The third-order valence-corrected chi connectivity index (χ3v) is 5.30. The smallest absolute Gasteiger partial charge is 0.328 e. The molecule has 3 heterocycles. The molecule has 9 heteroatoms. The Bertz CT molecular complexity index is 925. The molecule has 2 aliphatic rings. The van der Waals surface area contributed by atoms with E-state index in [-0.39, 0.29) is 18.7 Å². The van der Waals surface area contributed by atoms with E-state index in [1.165, 1.54) is 7.11 Å². The molecule has 0 unspecified atom stereocenters. The minimum Gasteiger partial charge on any atom is -0.467 e. The van der Waals surface area contributed by atoms with Crippen LogP contribution in [0.5, 0.6) is 11.5 Å². The predicted molar refractivity (Wildman–Crippen MR) is 103 cm³/mol. The van der Waals surface area contributed by atoms with Gasteiger partial charge in [-0.25, -0.2) is 14.6 Å². The number of hydrogen-bond acceptors (Lipinski definition) is 6. The second-order valence-corrected chi connectivity index (χ2v) is 7.42. The summed E-state index contributed by atoms with van der Waals surface area (Å²) in [4.78, 5) is 34.6. The van der Waals surface area contributed by atoms with Gasteiger partial charge >= 0.3 is 12.0 Å². The van der Waals surface area contributed by atoms with Crippen molar-refractivity contribution < 1.29 is 23.8 Å². The molecule has 0 radical (unpaired) electrons. The molecule has 2 aliphatic heterocycles. The summed E-state index contributed by atoms with van der Waals surface area (Å²) in [5, 5.41) is 2.83. The van der Waals surface area contributed by atoms with Crippen molar-refractivity contribution in [1.29, 1.82) is 0 Å². The zero-order chi connectivity index (χ0) is 20.5. The molecule has 9 nitrogen and oxygen atoms in total. The number of hydrogen-bond donors (Lipinski definition) is 2. The van der Waals surface area contributed by atoms with Gasteiger partial charge in [-0.05, 0) is 23.6 Å². The molecule has 154 valence electrons. The SMILES string of the molecule is COC(=O)[C@@H](NC(=O)N1CCc2[nH]cnc2[C@H]1c1ccc2c(c1)OCO2)C(C)C. The van der Waals surface area contributed by atoms with E-state index in [2.05, 4.69) is 15.3 Å². The molecule has 0 aliphatic carbocycles. The number of fused-ring (bicyclic) bond motifs is 2. The Morgan fingerprint density at radius 1 is 1.31 bits per heavy atom. The van der Waals surface area contributed by atoms with Gasteiger partial charge in [-0.2, -0.15) is 0 Å². The zero-order valence-corrected chi connectivity index (χ0v) is 16.6. The van der Waals surface area contributed by atoms with E-state index >= 15 is 0 Å². The van der Waals surface area contributed by atoms with E-state index in [1.807, 2.05) is 32.0 Å². The number of carbonyl (C=O) groups is 2. The Morgan fingerprint density at radius 3 is 2.86 bits per heavy atom. The molecule has 0 bridgehead atoms. The number of amides is 2. The molecule has 0 saturated heterocycles. The van der Waals surface area contributed by atoms with Gasteiger partial charge in [0.05, 0.1) is 19.1 Å². The molecule has 0 saturated carbocycles. The fraction of sp³-hybridized carbons (Fsp3) is 0.450. The van der Waals surface area contributed by atoms with Crippen LogP contribution in [0.15, 0.2) is 24.5 Å². The van der Waals surface area contributed by atoms with Gasteiger partial charge in [0.25, 0.3) is 0 Å². The van der Waals surface area contributed by atoms with Crippen molar-refractivity contribution in [3.8, 4) is 11.5 Å². The fourth-order valence-electron chi connectivity index (χ4n) is 3.76. The van der Waals surface area contributed by atoms with Crippen molar-refractivity contribution in [3.63, 3.8) is 0 Å². The third-order valence-electron chi connectivity index (χ3n) is 5.30. The van der Waals surface area contributed by atoms with Crippen LogP contribution in [0, 0.1) is 5.92 Å². The second-order valence-electron chi connectivity index (χ2n) is 7.42. The lowest BCUT2D eigenvalue weighted by Gasteiger charge is -2.36. The number of rotatable bonds is 4. The number of H-pyrrole nitrogens is 1. The number of carbonyl (C=O) groups excluding carboxylic acids is 2. The molecule has 1 aromatic heterocycles. The number of nitrogens with one attached hydrogen (secondary N) is 2. The first-order chi connectivity index (χ1) is 14.0. The molecule has 1 aromatic carbocycles. The summed E-state index contributed by atoms with van der Waals surface area (Å²) in [6, 6.07) is 4.13. The molecule has 0 fully saturated rings. The number of methoxy groups -OCH3 is 1. The van der Waals surface area contributed by atoms with Gasteiger partial charge in [-0.1, -0.05) is 19.9 Å². The first-order valence-corrected chi connectivity index (χ1v) is 9.56. The van der Waals surface area contributed by atoms with E-state index in [9.17, 15) is 9.59 Å². The maximum Gasteiger partial charge on any atom is 0.328 e. The lowest BCUT2D eigenvalue weighted by atomic mass is 9.95. The van der Waals surface area contributed by atoms with Gasteiger partial charge in [-0.3, -0.25) is 0 Å². The van der Waals surface area contributed by atoms with Crippen LogP contribution >= 0.6 is 0 Å². The van der Waals surface area contributed by atoms with Crippen LogP contribution < -0.4 is 14.8 Å². The molecule has 4 rings (SSSR count). The van der Waals surface area contributed by atoms with Crippen LogP contribution in [0.25, 0.3) is 0 Å². The minimum absolute atomic E-state index is 0.110. The number of benzene rings is 1. The maximum absolute atomic E-state index is 13.2. The Morgan fingerprint density at radius 2 is 2.10 bits per heavy atom. The Kier molecular flexibility index (Phi) is 5.04. The number of imidazole rings is 1. The summed E-state index contributed by atoms with van der Waals surface area (Å²) < 4.78 is 15.8. The summed E-state index contributed by atoms with van der Waals surface area (Å²) >= 11 is 0. The lowest BCUT2D eigenvalue weighted by molar-refractivity contribution is -0.144. The predicted octanol–water partition coefficient (Wildman–Crippen LogP) is 1.99. The number of urea groups is 1. The van der Waals surface area contributed by atoms with E-state index < -0.39 is 18.1 Å². The molecule has 2 N–H and O–H groups in total. The average Bonchev–Trinajstić information content (AvgIpc) is 3.38. The summed E-state index contributed by atoms with van der Waals surface area (Å²) in [5.74, 6) is 0.736. The highest BCUT2D eigenvalue weighted by atomic mass is 16.7. The van der Waals surface area contributed by atoms with Crippen LogP contribution in [0.2, 0.25) is 0 Å². The van der Waals surface area contributed by atoms with Crippen molar-refractivity contribution in [3.05, 3.63) is 41.5 Å². The maximum atomic E-state index is 13.2. The van der Waals surface area contributed by atoms with Gasteiger partial charge in [0.2, 0.25) is 6.79 Å². The van der Waals surface area contributed by atoms with Crippen molar-refractivity contribution >= 4 is 12.0 Å². The first-order valence-electron chi connectivity index (χ1n) is 9.56. The Balaban J connectivity index is 1.66. The van der Waals surface area contributed by atoms with E-state index in [0.717, 1.165) is 17.0 Å². The lowest BCUT2D eigenvalue weighted by Crippen LogP contribution is -2.53. The van der Waals surface area contributed by atoms with Crippen LogP contribution in [0.1, 0.15) is 36.8 Å². The van der Waals surface area contributed by atoms with Crippen LogP contribution in [-0.4, -0.2) is 53.4 Å². The molecule has 2 aromatic rings. The molecular formula is C20H24N4O5. The topological polar surface area (TPSA) is 106 Å². The molecule has 2 amide bonds. The summed E-state index contributed by atoms with van der Waals surface area (Å²) in [6.07, 6.45) is 2.28. The van der Waals surface area contributed by atoms with Crippen molar-refractivity contribution in [1.82, 2.24) is 20.2 Å². The normalized spacial score (nSPS) is 18.3. The van der Waals surface area contributed by atoms with Gasteiger partial charge < -0.3 is 29.4 Å². The van der Waals surface area contributed by atoms with E-state index in [4.69, 9.17) is 14.2 Å². The van der Waals surface area contributed by atoms with Gasteiger partial charge in [-0.15, -0.1) is 0 Å². The number of nitrogens with zero attached hydrogens (tertiary/aromatic N) is 2. The monoisotopic (exact) mass is 400 g/mol. The highest BCUT2D eigenvalue weighted by Gasteiger charge is 2.37. The number of aromatic amines is 1. The molecule has 2 atom stereocenters. The van der Waals surface area contributed by atoms with E-state index in [0.29, 0.717) is 24.5 Å². The first kappa shape index (κ1) is 19.1. The van der Waals surface area contributed by atoms with Crippen molar-refractivity contribution in [2.45, 2.75) is 32.4 Å². The third kappa shape index (κ3) is 3.48. The summed E-state index contributed by atoms with van der Waals surface area (Å²) in [7, 11) is 1.32. The van der Waals surface area contributed by atoms with Gasteiger partial charge in [0.1, 0.15) is 12.1 Å².